The Balaban J connectivity index is 2.05. The molecule has 2 unspecified atom stereocenters. The van der Waals surface area contributed by atoms with E-state index in [2.05, 4.69) is 18.9 Å². The minimum absolute atomic E-state index is 0.134. The number of likely N-dealkylation sites (N-methyl/N-ethyl adjacent to an activating group) is 1. The van der Waals surface area contributed by atoms with E-state index in [0.717, 1.165) is 18.0 Å². The van der Waals surface area contributed by atoms with Crippen LogP contribution in [0.1, 0.15) is 38.2 Å². The van der Waals surface area contributed by atoms with Crippen LogP contribution >= 0.6 is 0 Å². The molecule has 2 nitrogen and oxygen atoms in total. The highest BCUT2D eigenvalue weighted by atomic mass is 19.1. The fraction of sp³-hybridized carbons (Fsp3) is 0.625. The zero-order valence-electron chi connectivity index (χ0n) is 12.0. The second-order valence-corrected chi connectivity index (χ2v) is 5.93. The van der Waals surface area contributed by atoms with Gasteiger partial charge in [-0.1, -0.05) is 25.5 Å². The molecule has 1 aromatic rings. The van der Waals surface area contributed by atoms with Gasteiger partial charge in [0.2, 0.25) is 0 Å². The van der Waals surface area contributed by atoms with E-state index in [0.29, 0.717) is 6.54 Å². The van der Waals surface area contributed by atoms with Crippen LogP contribution in [0.5, 0.6) is 0 Å². The van der Waals surface area contributed by atoms with Gasteiger partial charge in [0.25, 0.3) is 0 Å². The number of hydrogen-bond donors (Lipinski definition) is 1. The fourth-order valence-corrected chi connectivity index (χ4v) is 3.28. The average molecular weight is 264 g/mol. The lowest BCUT2D eigenvalue weighted by Gasteiger charge is -2.38. The Hall–Kier alpha value is -0.930. The predicted octanol–water partition coefficient (Wildman–Crippen LogP) is 3.17. The van der Waals surface area contributed by atoms with E-state index < -0.39 is 0 Å². The first-order valence-corrected chi connectivity index (χ1v) is 7.25. The summed E-state index contributed by atoms with van der Waals surface area (Å²) in [6, 6.07) is 6.79. The molecule has 1 saturated carbocycles. The summed E-state index contributed by atoms with van der Waals surface area (Å²) in [5.74, 6) is 0.631. The first-order valence-electron chi connectivity index (χ1n) is 7.25. The first-order chi connectivity index (χ1) is 9.09. The smallest absolute Gasteiger partial charge is 0.123 e. The van der Waals surface area contributed by atoms with E-state index in [-0.39, 0.29) is 11.4 Å². The van der Waals surface area contributed by atoms with Crippen LogP contribution in [0, 0.1) is 11.7 Å². The van der Waals surface area contributed by atoms with Crippen LogP contribution in [0.3, 0.4) is 0 Å². The van der Waals surface area contributed by atoms with Crippen LogP contribution in [0.2, 0.25) is 0 Å². The third kappa shape index (κ3) is 3.15. The highest BCUT2D eigenvalue weighted by molar-refractivity contribution is 5.16. The van der Waals surface area contributed by atoms with Crippen molar-refractivity contribution < 1.29 is 4.39 Å². The third-order valence-corrected chi connectivity index (χ3v) is 4.79. The van der Waals surface area contributed by atoms with Gasteiger partial charge in [-0.3, -0.25) is 4.90 Å². The molecule has 2 rings (SSSR count). The van der Waals surface area contributed by atoms with Gasteiger partial charge in [0, 0.05) is 18.6 Å². The lowest BCUT2D eigenvalue weighted by atomic mass is 9.93. The number of benzene rings is 1. The largest absolute Gasteiger partial charge is 0.329 e. The molecule has 2 N–H and O–H groups in total. The van der Waals surface area contributed by atoms with Gasteiger partial charge in [-0.15, -0.1) is 0 Å². The lowest BCUT2D eigenvalue weighted by Crippen LogP contribution is -2.49. The molecule has 0 bridgehead atoms. The lowest BCUT2D eigenvalue weighted by molar-refractivity contribution is 0.119. The molecule has 3 heteroatoms. The van der Waals surface area contributed by atoms with Crippen molar-refractivity contribution in [2.75, 3.05) is 13.6 Å². The maximum atomic E-state index is 12.9. The number of halogens is 1. The number of rotatable bonds is 5. The monoisotopic (exact) mass is 264 g/mol. The summed E-state index contributed by atoms with van der Waals surface area (Å²) in [5.41, 5.74) is 7.35. The predicted molar refractivity (Wildman–Crippen MR) is 77.3 cm³/mol. The molecule has 0 spiro atoms. The van der Waals surface area contributed by atoms with Gasteiger partial charge in [-0.2, -0.15) is 0 Å². The maximum Gasteiger partial charge on any atom is 0.123 e. The molecule has 1 aromatic carbocycles. The number of hydrogen-bond acceptors (Lipinski definition) is 2. The summed E-state index contributed by atoms with van der Waals surface area (Å²) in [5, 5.41) is 0. The molecule has 0 saturated heterocycles. The molecule has 0 heterocycles. The van der Waals surface area contributed by atoms with E-state index in [9.17, 15) is 4.39 Å². The molecule has 1 aliphatic carbocycles. The second kappa shape index (κ2) is 6.02. The summed E-state index contributed by atoms with van der Waals surface area (Å²) < 4.78 is 12.9. The van der Waals surface area contributed by atoms with E-state index in [1.165, 1.54) is 37.8 Å². The van der Waals surface area contributed by atoms with Crippen molar-refractivity contribution in [2.45, 2.75) is 44.7 Å². The Bertz CT molecular complexity index is 404. The maximum absolute atomic E-state index is 12.9. The van der Waals surface area contributed by atoms with Crippen LogP contribution in [0.4, 0.5) is 4.39 Å². The van der Waals surface area contributed by atoms with E-state index >= 15 is 0 Å². The molecule has 0 radical (unpaired) electrons. The molecule has 19 heavy (non-hydrogen) atoms. The Morgan fingerprint density at radius 1 is 1.37 bits per heavy atom. The Kier molecular flexibility index (Phi) is 4.58. The van der Waals surface area contributed by atoms with Gasteiger partial charge in [-0.05, 0) is 49.9 Å². The van der Waals surface area contributed by atoms with Crippen LogP contribution < -0.4 is 5.73 Å². The summed E-state index contributed by atoms with van der Waals surface area (Å²) in [6.07, 6.45) is 4.89. The molecular formula is C16H25FN2. The molecule has 0 amide bonds. The third-order valence-electron chi connectivity index (χ3n) is 4.79. The fourth-order valence-electron chi connectivity index (χ4n) is 3.28. The van der Waals surface area contributed by atoms with Gasteiger partial charge in [0.1, 0.15) is 5.82 Å². The highest BCUT2D eigenvalue weighted by Gasteiger charge is 2.40. The Morgan fingerprint density at radius 2 is 2.05 bits per heavy atom. The Labute approximate surface area is 115 Å². The standard InChI is InChI=1S/C16H25FN2/c1-3-13-8-9-16(10-13,12-18)19(2)11-14-4-6-15(17)7-5-14/h4-7,13H,3,8-12,18H2,1-2H3. The zero-order chi connectivity index (χ0) is 13.9. The van der Waals surface area contributed by atoms with Gasteiger partial charge in [0.05, 0.1) is 0 Å². The molecule has 1 aliphatic rings. The van der Waals surface area contributed by atoms with Gasteiger partial charge >= 0.3 is 0 Å². The van der Waals surface area contributed by atoms with Gasteiger partial charge in [-0.25, -0.2) is 4.39 Å². The van der Waals surface area contributed by atoms with E-state index in [1.54, 1.807) is 0 Å². The molecule has 2 atom stereocenters. The van der Waals surface area contributed by atoms with Crippen molar-refractivity contribution in [1.29, 1.82) is 0 Å². The van der Waals surface area contributed by atoms with E-state index in [1.807, 2.05) is 12.1 Å². The summed E-state index contributed by atoms with van der Waals surface area (Å²) in [4.78, 5) is 2.37. The first kappa shape index (κ1) is 14.5. The normalized spacial score (nSPS) is 27.1. The van der Waals surface area contributed by atoms with Crippen molar-refractivity contribution in [2.24, 2.45) is 11.7 Å². The average Bonchev–Trinajstić information content (AvgIpc) is 2.86. The van der Waals surface area contributed by atoms with Gasteiger partial charge < -0.3 is 5.73 Å². The molecular weight excluding hydrogens is 239 g/mol. The summed E-state index contributed by atoms with van der Waals surface area (Å²) in [7, 11) is 2.15. The van der Waals surface area contributed by atoms with Crippen molar-refractivity contribution in [3.8, 4) is 0 Å². The van der Waals surface area contributed by atoms with Gasteiger partial charge in [0.15, 0.2) is 0 Å². The van der Waals surface area contributed by atoms with Crippen molar-refractivity contribution in [3.63, 3.8) is 0 Å². The molecule has 1 fully saturated rings. The summed E-state index contributed by atoms with van der Waals surface area (Å²) in [6.45, 7) is 3.81. The Morgan fingerprint density at radius 3 is 2.58 bits per heavy atom. The molecule has 0 aliphatic heterocycles. The minimum Gasteiger partial charge on any atom is -0.329 e. The quantitative estimate of drug-likeness (QED) is 0.885. The second-order valence-electron chi connectivity index (χ2n) is 5.93. The number of nitrogens with zero attached hydrogens (tertiary/aromatic N) is 1. The number of nitrogens with two attached hydrogens (primary N) is 1. The molecule has 0 aromatic heterocycles. The minimum atomic E-state index is -0.174. The zero-order valence-corrected chi connectivity index (χ0v) is 12.0. The van der Waals surface area contributed by atoms with Crippen molar-refractivity contribution in [1.82, 2.24) is 4.90 Å². The van der Waals surface area contributed by atoms with Crippen LogP contribution in [-0.2, 0) is 6.54 Å². The van der Waals surface area contributed by atoms with Crippen molar-refractivity contribution in [3.05, 3.63) is 35.6 Å². The van der Waals surface area contributed by atoms with Crippen LogP contribution in [0.25, 0.3) is 0 Å². The highest BCUT2D eigenvalue weighted by Crippen LogP contribution is 2.39. The SMILES string of the molecule is CCC1CCC(CN)(N(C)Cc2ccc(F)cc2)C1. The van der Waals surface area contributed by atoms with Crippen LogP contribution in [0.15, 0.2) is 24.3 Å². The topological polar surface area (TPSA) is 29.3 Å². The van der Waals surface area contributed by atoms with Crippen LogP contribution in [-0.4, -0.2) is 24.0 Å². The summed E-state index contributed by atoms with van der Waals surface area (Å²) >= 11 is 0. The van der Waals surface area contributed by atoms with E-state index in [4.69, 9.17) is 5.73 Å². The molecule has 106 valence electrons. The van der Waals surface area contributed by atoms with Crippen molar-refractivity contribution >= 4 is 0 Å².